The minimum atomic E-state index is 0.180. The molecule has 1 aromatic rings. The van der Waals surface area contributed by atoms with Crippen LogP contribution < -0.4 is 11.1 Å². The summed E-state index contributed by atoms with van der Waals surface area (Å²) in [7, 11) is 0. The van der Waals surface area contributed by atoms with Crippen LogP contribution in [0, 0.1) is 5.41 Å². The first kappa shape index (κ1) is 13.3. The molecule has 2 aliphatic heterocycles. The van der Waals surface area contributed by atoms with Crippen molar-refractivity contribution < 1.29 is 0 Å². The fourth-order valence-electron chi connectivity index (χ4n) is 2.48. The summed E-state index contributed by atoms with van der Waals surface area (Å²) in [6.07, 6.45) is 0. The molecule has 0 saturated carbocycles. The Hall–Kier alpha value is -1.66. The van der Waals surface area contributed by atoms with E-state index in [4.69, 9.17) is 11.1 Å². The molecule has 1 atom stereocenters. The van der Waals surface area contributed by atoms with Gasteiger partial charge in [-0.25, -0.2) is 0 Å². The van der Waals surface area contributed by atoms with Crippen LogP contribution in [0.2, 0.25) is 0 Å². The van der Waals surface area contributed by atoms with E-state index in [1.807, 2.05) is 22.7 Å². The van der Waals surface area contributed by atoms with Gasteiger partial charge in [-0.3, -0.25) is 10.3 Å². The molecule has 106 valence electrons. The van der Waals surface area contributed by atoms with Crippen LogP contribution in [0.5, 0.6) is 0 Å². The lowest BCUT2D eigenvalue weighted by atomic mass is 10.2. The third-order valence-electron chi connectivity index (χ3n) is 3.67. The van der Waals surface area contributed by atoms with Gasteiger partial charge in [0.05, 0.1) is 0 Å². The normalized spacial score (nSPS) is 23.3. The van der Waals surface area contributed by atoms with Crippen LogP contribution >= 0.6 is 11.8 Å². The van der Waals surface area contributed by atoms with Gasteiger partial charge < -0.3 is 16.0 Å². The maximum absolute atomic E-state index is 7.46. The zero-order valence-electron chi connectivity index (χ0n) is 11.2. The summed E-state index contributed by atoms with van der Waals surface area (Å²) in [5.41, 5.74) is 8.23. The van der Waals surface area contributed by atoms with Gasteiger partial charge in [0.1, 0.15) is 5.50 Å². The molecule has 0 aliphatic carbocycles. The Bertz CT molecular complexity index is 508. The van der Waals surface area contributed by atoms with E-state index >= 15 is 0 Å². The molecule has 1 saturated heterocycles. The summed E-state index contributed by atoms with van der Waals surface area (Å²) in [5.74, 6) is 0.180. The van der Waals surface area contributed by atoms with Gasteiger partial charge in [-0.2, -0.15) is 0 Å². The molecule has 0 amide bonds. The van der Waals surface area contributed by atoms with Crippen LogP contribution in [0.15, 0.2) is 35.7 Å². The molecule has 5 nitrogen and oxygen atoms in total. The van der Waals surface area contributed by atoms with E-state index in [1.165, 1.54) is 11.3 Å². The zero-order valence-corrected chi connectivity index (χ0v) is 12.1. The Morgan fingerprint density at radius 3 is 2.55 bits per heavy atom. The number of thioether (sulfide) groups is 1. The van der Waals surface area contributed by atoms with Crippen molar-refractivity contribution in [1.82, 2.24) is 15.1 Å². The lowest BCUT2D eigenvalue weighted by Crippen LogP contribution is -2.54. The summed E-state index contributed by atoms with van der Waals surface area (Å²) in [6.45, 7) is 3.52. The quantitative estimate of drug-likeness (QED) is 0.562. The van der Waals surface area contributed by atoms with Gasteiger partial charge in [0.25, 0.3) is 0 Å². The molecule has 0 spiro atoms. The highest BCUT2D eigenvalue weighted by Gasteiger charge is 2.27. The van der Waals surface area contributed by atoms with Crippen LogP contribution in [-0.4, -0.2) is 47.4 Å². The van der Waals surface area contributed by atoms with Crippen LogP contribution in [0.3, 0.4) is 0 Å². The highest BCUT2D eigenvalue weighted by Crippen LogP contribution is 2.29. The van der Waals surface area contributed by atoms with Crippen molar-refractivity contribution in [3.8, 4) is 0 Å². The number of nitrogens with zero attached hydrogens (tertiary/aromatic N) is 2. The number of nitrogens with two attached hydrogens (primary N) is 1. The van der Waals surface area contributed by atoms with Gasteiger partial charge in [-0.05, 0) is 11.0 Å². The lowest BCUT2D eigenvalue weighted by molar-refractivity contribution is 0.163. The van der Waals surface area contributed by atoms with Gasteiger partial charge >= 0.3 is 0 Å². The van der Waals surface area contributed by atoms with E-state index in [2.05, 4.69) is 39.9 Å². The summed E-state index contributed by atoms with van der Waals surface area (Å²) >= 11 is 1.81. The number of guanidine groups is 1. The second-order valence-electron chi connectivity index (χ2n) is 4.94. The first-order valence-electron chi connectivity index (χ1n) is 6.74. The minimum absolute atomic E-state index is 0.180. The minimum Gasteiger partial charge on any atom is -0.370 e. The number of rotatable bonds is 2. The Morgan fingerprint density at radius 2 is 1.90 bits per heavy atom. The van der Waals surface area contributed by atoms with Crippen LogP contribution in [0.1, 0.15) is 5.56 Å². The smallest absolute Gasteiger partial charge is 0.188 e. The molecular formula is C14H19N5S. The molecule has 3 rings (SSSR count). The highest BCUT2D eigenvalue weighted by molar-refractivity contribution is 8.03. The third-order valence-corrected chi connectivity index (χ3v) is 4.71. The maximum atomic E-state index is 7.46. The van der Waals surface area contributed by atoms with E-state index in [0.717, 1.165) is 26.2 Å². The molecule has 4 N–H and O–H groups in total. The molecular weight excluding hydrogens is 270 g/mol. The van der Waals surface area contributed by atoms with Crippen molar-refractivity contribution in [2.24, 2.45) is 5.73 Å². The average molecular weight is 289 g/mol. The SMILES string of the molecule is N=C(N)N1CCN(C2NC(c3ccccc3)=CS2)CC1. The molecule has 0 radical (unpaired) electrons. The van der Waals surface area contributed by atoms with E-state index < -0.39 is 0 Å². The fourth-order valence-corrected chi connectivity index (χ4v) is 3.52. The number of nitrogens with one attached hydrogen (secondary N) is 2. The summed E-state index contributed by atoms with van der Waals surface area (Å²) in [4.78, 5) is 4.32. The Kier molecular flexibility index (Phi) is 3.84. The predicted octanol–water partition coefficient (Wildman–Crippen LogP) is 1.12. The van der Waals surface area contributed by atoms with Crippen LogP contribution in [-0.2, 0) is 0 Å². The van der Waals surface area contributed by atoms with Crippen molar-refractivity contribution in [2.45, 2.75) is 5.50 Å². The first-order chi connectivity index (χ1) is 9.74. The molecule has 0 aromatic heterocycles. The predicted molar refractivity (Wildman–Crippen MR) is 84.0 cm³/mol. The van der Waals surface area contributed by atoms with Crippen LogP contribution in [0.4, 0.5) is 0 Å². The fraction of sp³-hybridized carbons (Fsp3) is 0.357. The monoisotopic (exact) mass is 289 g/mol. The van der Waals surface area contributed by atoms with Gasteiger partial charge in [-0.1, -0.05) is 42.1 Å². The summed E-state index contributed by atoms with van der Waals surface area (Å²) < 4.78 is 0. The summed E-state index contributed by atoms with van der Waals surface area (Å²) in [6, 6.07) is 10.4. The number of hydrogen-bond donors (Lipinski definition) is 3. The molecule has 20 heavy (non-hydrogen) atoms. The molecule has 0 bridgehead atoms. The van der Waals surface area contributed by atoms with Gasteiger partial charge in [0.2, 0.25) is 0 Å². The number of piperazine rings is 1. The zero-order chi connectivity index (χ0) is 13.9. The largest absolute Gasteiger partial charge is 0.370 e. The van der Waals surface area contributed by atoms with Crippen LogP contribution in [0.25, 0.3) is 5.70 Å². The van der Waals surface area contributed by atoms with Crippen molar-refractivity contribution in [1.29, 1.82) is 5.41 Å². The molecule has 6 heteroatoms. The number of hydrogen-bond acceptors (Lipinski definition) is 4. The standard InChI is InChI=1S/C14H19N5S/c15-13(16)18-6-8-19(9-7-18)14-17-12(10-20-14)11-4-2-1-3-5-11/h1-5,10,14,17H,6-9H2,(H3,15,16). The Balaban J connectivity index is 1.56. The molecule has 2 aliphatic rings. The third kappa shape index (κ3) is 2.76. The second-order valence-corrected chi connectivity index (χ2v) is 5.89. The molecule has 1 fully saturated rings. The topological polar surface area (TPSA) is 68.4 Å². The molecule has 1 unspecified atom stereocenters. The van der Waals surface area contributed by atoms with E-state index in [0.29, 0.717) is 5.50 Å². The molecule has 2 heterocycles. The Morgan fingerprint density at radius 1 is 1.20 bits per heavy atom. The van der Waals surface area contributed by atoms with E-state index in [-0.39, 0.29) is 5.96 Å². The van der Waals surface area contributed by atoms with Crippen molar-refractivity contribution in [3.05, 3.63) is 41.3 Å². The maximum Gasteiger partial charge on any atom is 0.188 e. The van der Waals surface area contributed by atoms with Crippen molar-refractivity contribution in [3.63, 3.8) is 0 Å². The summed E-state index contributed by atoms with van der Waals surface area (Å²) in [5, 5.41) is 13.2. The van der Waals surface area contributed by atoms with E-state index in [9.17, 15) is 0 Å². The van der Waals surface area contributed by atoms with Crippen molar-refractivity contribution >= 4 is 23.4 Å². The first-order valence-corrected chi connectivity index (χ1v) is 7.69. The highest BCUT2D eigenvalue weighted by atomic mass is 32.2. The van der Waals surface area contributed by atoms with Gasteiger partial charge in [0.15, 0.2) is 5.96 Å². The van der Waals surface area contributed by atoms with E-state index in [1.54, 1.807) is 0 Å². The van der Waals surface area contributed by atoms with Crippen molar-refractivity contribution in [2.75, 3.05) is 26.2 Å². The average Bonchev–Trinajstić information content (AvgIpc) is 2.98. The Labute approximate surface area is 123 Å². The van der Waals surface area contributed by atoms with Gasteiger partial charge in [-0.15, -0.1) is 0 Å². The number of benzene rings is 1. The van der Waals surface area contributed by atoms with Gasteiger partial charge in [0, 0.05) is 31.9 Å². The lowest BCUT2D eigenvalue weighted by Gasteiger charge is -2.37. The second kappa shape index (κ2) is 5.76. The molecule has 1 aromatic carbocycles.